The van der Waals surface area contributed by atoms with Gasteiger partial charge in [0.1, 0.15) is 0 Å². The fourth-order valence-corrected chi connectivity index (χ4v) is 3.11. The van der Waals surface area contributed by atoms with Crippen molar-refractivity contribution in [2.75, 3.05) is 31.5 Å². The second kappa shape index (κ2) is 8.49. The molecule has 140 valence electrons. The highest BCUT2D eigenvalue weighted by Crippen LogP contribution is 2.14. The summed E-state index contributed by atoms with van der Waals surface area (Å²) in [6, 6.07) is 15.9. The van der Waals surface area contributed by atoms with Crippen LogP contribution >= 0.6 is 0 Å². The number of rotatable bonds is 3. The van der Waals surface area contributed by atoms with E-state index in [0.29, 0.717) is 43.0 Å². The van der Waals surface area contributed by atoms with Crippen LogP contribution < -0.4 is 5.32 Å². The summed E-state index contributed by atoms with van der Waals surface area (Å²) in [5.74, 6) is -0.198. The van der Waals surface area contributed by atoms with Crippen molar-refractivity contribution in [2.24, 2.45) is 0 Å². The normalized spacial score (nSPS) is 14.4. The van der Waals surface area contributed by atoms with Crippen LogP contribution in [-0.2, 0) is 4.79 Å². The molecule has 0 bridgehead atoms. The number of hydrogen-bond donors (Lipinski definition) is 1. The zero-order valence-electron chi connectivity index (χ0n) is 15.4. The van der Waals surface area contributed by atoms with Gasteiger partial charge in [0, 0.05) is 49.9 Å². The summed E-state index contributed by atoms with van der Waals surface area (Å²) >= 11 is 0. The Hall–Kier alpha value is -3.15. The Morgan fingerprint density at radius 3 is 2.07 bits per heavy atom. The van der Waals surface area contributed by atoms with E-state index in [2.05, 4.69) is 5.32 Å². The SMILES string of the molecule is CC(=O)N1CCCN(C(=O)c2ccc(NC(=O)c3ccccc3)cc2)CC1. The van der Waals surface area contributed by atoms with E-state index in [4.69, 9.17) is 0 Å². The molecule has 0 radical (unpaired) electrons. The molecular weight excluding hydrogens is 342 g/mol. The van der Waals surface area contributed by atoms with E-state index in [1.807, 2.05) is 18.2 Å². The van der Waals surface area contributed by atoms with Gasteiger partial charge in [-0.1, -0.05) is 18.2 Å². The molecule has 3 amide bonds. The Morgan fingerprint density at radius 1 is 0.778 bits per heavy atom. The van der Waals surface area contributed by atoms with Gasteiger partial charge in [-0.3, -0.25) is 14.4 Å². The minimum Gasteiger partial charge on any atom is -0.341 e. The molecular formula is C21H23N3O3. The Labute approximate surface area is 158 Å². The molecule has 1 saturated heterocycles. The molecule has 6 nitrogen and oxygen atoms in total. The Kier molecular flexibility index (Phi) is 5.86. The highest BCUT2D eigenvalue weighted by Gasteiger charge is 2.21. The van der Waals surface area contributed by atoms with E-state index >= 15 is 0 Å². The average Bonchev–Trinajstić information content (AvgIpc) is 2.95. The second-order valence-corrected chi connectivity index (χ2v) is 6.55. The lowest BCUT2D eigenvalue weighted by Crippen LogP contribution is -2.36. The van der Waals surface area contributed by atoms with Crippen LogP contribution in [0.4, 0.5) is 5.69 Å². The number of nitrogens with zero attached hydrogens (tertiary/aromatic N) is 2. The molecule has 6 heteroatoms. The number of anilines is 1. The van der Waals surface area contributed by atoms with Crippen molar-refractivity contribution >= 4 is 23.4 Å². The first-order chi connectivity index (χ1) is 13.0. The van der Waals surface area contributed by atoms with E-state index in [1.54, 1.807) is 53.1 Å². The van der Waals surface area contributed by atoms with Crippen molar-refractivity contribution in [3.8, 4) is 0 Å². The molecule has 1 aliphatic heterocycles. The fourth-order valence-electron chi connectivity index (χ4n) is 3.11. The van der Waals surface area contributed by atoms with Crippen molar-refractivity contribution in [1.82, 2.24) is 9.80 Å². The fraction of sp³-hybridized carbons (Fsp3) is 0.286. The van der Waals surface area contributed by atoms with Gasteiger partial charge in [0.15, 0.2) is 0 Å². The van der Waals surface area contributed by atoms with Gasteiger partial charge in [-0.15, -0.1) is 0 Å². The summed E-state index contributed by atoms with van der Waals surface area (Å²) in [6.07, 6.45) is 0.774. The summed E-state index contributed by atoms with van der Waals surface area (Å²) in [7, 11) is 0. The molecule has 27 heavy (non-hydrogen) atoms. The van der Waals surface area contributed by atoms with Gasteiger partial charge in [-0.05, 0) is 42.8 Å². The topological polar surface area (TPSA) is 69.7 Å². The number of hydrogen-bond acceptors (Lipinski definition) is 3. The molecule has 1 N–H and O–H groups in total. The van der Waals surface area contributed by atoms with E-state index in [0.717, 1.165) is 6.42 Å². The first-order valence-corrected chi connectivity index (χ1v) is 9.06. The average molecular weight is 365 g/mol. The van der Waals surface area contributed by atoms with E-state index < -0.39 is 0 Å². The van der Waals surface area contributed by atoms with Gasteiger partial charge >= 0.3 is 0 Å². The number of carbonyl (C=O) groups excluding carboxylic acids is 3. The lowest BCUT2D eigenvalue weighted by molar-refractivity contribution is -0.128. The number of carbonyl (C=O) groups is 3. The van der Waals surface area contributed by atoms with Gasteiger partial charge < -0.3 is 15.1 Å². The maximum absolute atomic E-state index is 12.7. The van der Waals surface area contributed by atoms with Crippen molar-refractivity contribution in [3.05, 3.63) is 65.7 Å². The van der Waals surface area contributed by atoms with Crippen LogP contribution in [0, 0.1) is 0 Å². The van der Waals surface area contributed by atoms with Crippen LogP contribution in [0.1, 0.15) is 34.1 Å². The molecule has 0 aliphatic carbocycles. The van der Waals surface area contributed by atoms with Crippen molar-refractivity contribution in [2.45, 2.75) is 13.3 Å². The van der Waals surface area contributed by atoms with Gasteiger partial charge in [0.25, 0.3) is 11.8 Å². The molecule has 0 unspecified atom stereocenters. The number of benzene rings is 2. The molecule has 1 fully saturated rings. The number of amides is 3. The Bertz CT molecular complexity index is 818. The van der Waals surface area contributed by atoms with E-state index in [-0.39, 0.29) is 17.7 Å². The van der Waals surface area contributed by atoms with E-state index in [9.17, 15) is 14.4 Å². The lowest BCUT2D eigenvalue weighted by atomic mass is 10.1. The van der Waals surface area contributed by atoms with E-state index in [1.165, 1.54) is 0 Å². The predicted octanol–water partition coefficient (Wildman–Crippen LogP) is 2.63. The number of nitrogens with one attached hydrogen (secondary N) is 1. The third kappa shape index (κ3) is 4.73. The summed E-state index contributed by atoms with van der Waals surface area (Å²) in [5.41, 5.74) is 1.79. The Morgan fingerprint density at radius 2 is 1.41 bits per heavy atom. The van der Waals surface area contributed by atoms with Crippen LogP contribution in [-0.4, -0.2) is 53.7 Å². The highest BCUT2D eigenvalue weighted by molar-refractivity contribution is 6.04. The van der Waals surface area contributed by atoms with Gasteiger partial charge in [-0.25, -0.2) is 0 Å². The molecule has 1 aliphatic rings. The summed E-state index contributed by atoms with van der Waals surface area (Å²) < 4.78 is 0. The quantitative estimate of drug-likeness (QED) is 0.909. The van der Waals surface area contributed by atoms with Crippen LogP contribution in [0.15, 0.2) is 54.6 Å². The molecule has 1 heterocycles. The smallest absolute Gasteiger partial charge is 0.255 e. The van der Waals surface area contributed by atoms with Crippen molar-refractivity contribution in [3.63, 3.8) is 0 Å². The minimum atomic E-state index is -0.188. The zero-order valence-corrected chi connectivity index (χ0v) is 15.4. The van der Waals surface area contributed by atoms with Crippen LogP contribution in [0.5, 0.6) is 0 Å². The largest absolute Gasteiger partial charge is 0.341 e. The van der Waals surface area contributed by atoms with Gasteiger partial charge in [0.05, 0.1) is 0 Å². The molecule has 2 aromatic rings. The lowest BCUT2D eigenvalue weighted by Gasteiger charge is -2.21. The third-order valence-corrected chi connectivity index (χ3v) is 4.65. The predicted molar refractivity (Wildman–Crippen MR) is 104 cm³/mol. The minimum absolute atomic E-state index is 0.0443. The zero-order chi connectivity index (χ0) is 19.2. The molecule has 3 rings (SSSR count). The third-order valence-electron chi connectivity index (χ3n) is 4.65. The first kappa shape index (κ1) is 18.6. The molecule has 0 atom stereocenters. The first-order valence-electron chi connectivity index (χ1n) is 9.06. The molecule has 0 aromatic heterocycles. The molecule has 0 saturated carbocycles. The summed E-state index contributed by atoms with van der Waals surface area (Å²) in [6.45, 7) is 3.97. The second-order valence-electron chi connectivity index (χ2n) is 6.55. The van der Waals surface area contributed by atoms with Crippen LogP contribution in [0.3, 0.4) is 0 Å². The Balaban J connectivity index is 1.62. The molecule has 0 spiro atoms. The highest BCUT2D eigenvalue weighted by atomic mass is 16.2. The van der Waals surface area contributed by atoms with Gasteiger partial charge in [0.2, 0.25) is 5.91 Å². The standard InChI is InChI=1S/C21H23N3O3/c1-16(25)23-12-5-13-24(15-14-23)21(27)18-8-10-19(11-9-18)22-20(26)17-6-3-2-4-7-17/h2-4,6-11H,5,12-15H2,1H3,(H,22,26). The van der Waals surface area contributed by atoms with Gasteiger partial charge in [-0.2, -0.15) is 0 Å². The van der Waals surface area contributed by atoms with Crippen LogP contribution in [0.2, 0.25) is 0 Å². The monoisotopic (exact) mass is 365 g/mol. The van der Waals surface area contributed by atoms with Crippen LogP contribution in [0.25, 0.3) is 0 Å². The molecule has 2 aromatic carbocycles. The van der Waals surface area contributed by atoms with Crippen molar-refractivity contribution in [1.29, 1.82) is 0 Å². The summed E-state index contributed by atoms with van der Waals surface area (Å²) in [5, 5.41) is 2.82. The maximum Gasteiger partial charge on any atom is 0.255 e. The van der Waals surface area contributed by atoms with Crippen molar-refractivity contribution < 1.29 is 14.4 Å². The summed E-state index contributed by atoms with van der Waals surface area (Å²) in [4.78, 5) is 40.0. The maximum atomic E-state index is 12.7.